The minimum atomic E-state index is -0.0401. The average molecular weight is 277 g/mol. The third-order valence-corrected chi connectivity index (χ3v) is 3.96. The number of nitrogens with two attached hydrogens (primary N) is 1. The van der Waals surface area contributed by atoms with Gasteiger partial charge in [0.2, 0.25) is 0 Å². The van der Waals surface area contributed by atoms with E-state index in [9.17, 15) is 4.79 Å². The fourth-order valence-electron chi connectivity index (χ4n) is 2.66. The highest BCUT2D eigenvalue weighted by Crippen LogP contribution is 2.23. The molecule has 1 aromatic rings. The summed E-state index contributed by atoms with van der Waals surface area (Å²) in [5, 5.41) is 0. The number of amides is 1. The van der Waals surface area contributed by atoms with Gasteiger partial charge in [0, 0.05) is 25.3 Å². The monoisotopic (exact) mass is 277 g/mol. The van der Waals surface area contributed by atoms with Crippen molar-refractivity contribution in [2.24, 2.45) is 0 Å². The molecule has 1 aromatic carbocycles. The highest BCUT2D eigenvalue weighted by atomic mass is 16.5. The Hall–Kier alpha value is -1.75. The third kappa shape index (κ3) is 3.04. The molecule has 0 saturated carbocycles. The number of carbonyl (C=O) groups is 1. The third-order valence-electron chi connectivity index (χ3n) is 3.96. The number of likely N-dealkylation sites (N-methyl/N-ethyl adjacent to an activating group) is 2. The van der Waals surface area contributed by atoms with Crippen LogP contribution < -0.4 is 10.5 Å². The molecule has 2 N–H and O–H groups in total. The van der Waals surface area contributed by atoms with E-state index in [1.54, 1.807) is 30.2 Å². The standard InChI is InChI=1S/C15H23N3O2/c1-17-8-4-5-11(10-17)18(2)15(19)13-9-12(20-3)6-7-14(13)16/h6-7,9,11H,4-5,8,10,16H2,1-3H3. The van der Waals surface area contributed by atoms with Crippen molar-refractivity contribution in [1.29, 1.82) is 0 Å². The Morgan fingerprint density at radius 3 is 2.90 bits per heavy atom. The molecule has 1 unspecified atom stereocenters. The number of methoxy groups -OCH3 is 1. The van der Waals surface area contributed by atoms with E-state index in [4.69, 9.17) is 10.5 Å². The predicted octanol–water partition coefficient (Wildman–Crippen LogP) is 1.44. The highest BCUT2D eigenvalue weighted by Gasteiger charge is 2.26. The van der Waals surface area contributed by atoms with Crippen LogP contribution in [0, 0.1) is 0 Å². The second-order valence-corrected chi connectivity index (χ2v) is 5.43. The van der Waals surface area contributed by atoms with Crippen molar-refractivity contribution < 1.29 is 9.53 Å². The molecule has 0 bridgehead atoms. The normalized spacial score (nSPS) is 19.6. The van der Waals surface area contributed by atoms with E-state index in [0.717, 1.165) is 25.9 Å². The number of nitrogens with zero attached hydrogens (tertiary/aromatic N) is 2. The summed E-state index contributed by atoms with van der Waals surface area (Å²) in [6, 6.07) is 5.43. The van der Waals surface area contributed by atoms with Gasteiger partial charge >= 0.3 is 0 Å². The zero-order chi connectivity index (χ0) is 14.7. The van der Waals surface area contributed by atoms with Crippen molar-refractivity contribution in [3.05, 3.63) is 23.8 Å². The van der Waals surface area contributed by atoms with Crippen LogP contribution in [-0.2, 0) is 0 Å². The van der Waals surface area contributed by atoms with E-state index in [1.165, 1.54) is 0 Å². The summed E-state index contributed by atoms with van der Waals surface area (Å²) in [4.78, 5) is 16.7. The molecule has 1 amide bonds. The Balaban J connectivity index is 2.17. The van der Waals surface area contributed by atoms with Crippen molar-refractivity contribution in [3.63, 3.8) is 0 Å². The van der Waals surface area contributed by atoms with Crippen LogP contribution >= 0.6 is 0 Å². The molecule has 1 heterocycles. The Kier molecular flexibility index (Phi) is 4.49. The van der Waals surface area contributed by atoms with Crippen LogP contribution in [0.3, 0.4) is 0 Å². The molecule has 0 aromatic heterocycles. The maximum absolute atomic E-state index is 12.6. The lowest BCUT2D eigenvalue weighted by molar-refractivity contribution is 0.0645. The number of hydrogen-bond donors (Lipinski definition) is 1. The number of piperidine rings is 1. The molecule has 1 aliphatic rings. The van der Waals surface area contributed by atoms with Gasteiger partial charge in [-0.1, -0.05) is 0 Å². The first-order valence-electron chi connectivity index (χ1n) is 6.92. The van der Waals surface area contributed by atoms with Gasteiger partial charge in [-0.25, -0.2) is 0 Å². The summed E-state index contributed by atoms with van der Waals surface area (Å²) in [6.45, 7) is 2.01. The minimum Gasteiger partial charge on any atom is -0.497 e. The topological polar surface area (TPSA) is 58.8 Å². The molecule has 1 atom stereocenters. The lowest BCUT2D eigenvalue weighted by Crippen LogP contribution is -2.47. The maximum Gasteiger partial charge on any atom is 0.256 e. The molecule has 1 fully saturated rings. The van der Waals surface area contributed by atoms with E-state index in [1.807, 2.05) is 7.05 Å². The molecule has 2 rings (SSSR count). The molecule has 5 nitrogen and oxygen atoms in total. The van der Waals surface area contributed by atoms with Crippen LogP contribution in [0.25, 0.3) is 0 Å². The van der Waals surface area contributed by atoms with Crippen LogP contribution in [0.1, 0.15) is 23.2 Å². The van der Waals surface area contributed by atoms with Crippen LogP contribution in [0.2, 0.25) is 0 Å². The van der Waals surface area contributed by atoms with E-state index < -0.39 is 0 Å². The van der Waals surface area contributed by atoms with Gasteiger partial charge in [-0.2, -0.15) is 0 Å². The minimum absolute atomic E-state index is 0.0401. The van der Waals surface area contributed by atoms with Gasteiger partial charge in [0.25, 0.3) is 5.91 Å². The first kappa shape index (κ1) is 14.7. The SMILES string of the molecule is COc1ccc(N)c(C(=O)N(C)C2CCCN(C)C2)c1. The summed E-state index contributed by atoms with van der Waals surface area (Å²) >= 11 is 0. The lowest BCUT2D eigenvalue weighted by atomic mass is 10.0. The number of likely N-dealkylation sites (tertiary alicyclic amines) is 1. The molecular formula is C15H23N3O2. The van der Waals surface area contributed by atoms with Gasteiger partial charge in [-0.15, -0.1) is 0 Å². The molecule has 20 heavy (non-hydrogen) atoms. The van der Waals surface area contributed by atoms with Crippen LogP contribution in [0.5, 0.6) is 5.75 Å². The van der Waals surface area contributed by atoms with Gasteiger partial charge in [-0.3, -0.25) is 4.79 Å². The summed E-state index contributed by atoms with van der Waals surface area (Å²) in [6.07, 6.45) is 2.16. The first-order valence-corrected chi connectivity index (χ1v) is 6.92. The Labute approximate surface area is 120 Å². The number of anilines is 1. The number of benzene rings is 1. The van der Waals surface area contributed by atoms with Crippen molar-refractivity contribution in [2.75, 3.05) is 40.0 Å². The quantitative estimate of drug-likeness (QED) is 0.849. The van der Waals surface area contributed by atoms with Crippen molar-refractivity contribution in [2.45, 2.75) is 18.9 Å². The molecule has 5 heteroatoms. The van der Waals surface area contributed by atoms with Crippen LogP contribution in [0.15, 0.2) is 18.2 Å². The number of carbonyl (C=O) groups excluding carboxylic acids is 1. The largest absolute Gasteiger partial charge is 0.497 e. The zero-order valence-corrected chi connectivity index (χ0v) is 12.4. The molecule has 0 radical (unpaired) electrons. The molecular weight excluding hydrogens is 254 g/mol. The van der Waals surface area contributed by atoms with Crippen molar-refractivity contribution >= 4 is 11.6 Å². The van der Waals surface area contributed by atoms with E-state index in [-0.39, 0.29) is 11.9 Å². The maximum atomic E-state index is 12.6. The summed E-state index contributed by atoms with van der Waals surface area (Å²) in [7, 11) is 5.52. The zero-order valence-electron chi connectivity index (χ0n) is 12.4. The fourth-order valence-corrected chi connectivity index (χ4v) is 2.66. The van der Waals surface area contributed by atoms with E-state index >= 15 is 0 Å². The second kappa shape index (κ2) is 6.13. The highest BCUT2D eigenvalue weighted by molar-refractivity contribution is 5.99. The van der Waals surface area contributed by atoms with Crippen molar-refractivity contribution in [1.82, 2.24) is 9.80 Å². The Morgan fingerprint density at radius 1 is 1.50 bits per heavy atom. The number of hydrogen-bond acceptors (Lipinski definition) is 4. The smallest absolute Gasteiger partial charge is 0.256 e. The summed E-state index contributed by atoms with van der Waals surface area (Å²) in [5.74, 6) is 0.610. The average Bonchev–Trinajstić information content (AvgIpc) is 2.46. The van der Waals surface area contributed by atoms with E-state index in [0.29, 0.717) is 17.0 Å². The first-order chi connectivity index (χ1) is 9.52. The molecule has 0 spiro atoms. The van der Waals surface area contributed by atoms with E-state index in [2.05, 4.69) is 11.9 Å². The van der Waals surface area contributed by atoms with Crippen LogP contribution in [0.4, 0.5) is 5.69 Å². The van der Waals surface area contributed by atoms with Gasteiger partial charge < -0.3 is 20.3 Å². The molecule has 1 aliphatic heterocycles. The Morgan fingerprint density at radius 2 is 2.25 bits per heavy atom. The summed E-state index contributed by atoms with van der Waals surface area (Å²) in [5.41, 5.74) is 6.93. The van der Waals surface area contributed by atoms with Gasteiger partial charge in [0.05, 0.1) is 12.7 Å². The Bertz CT molecular complexity index is 490. The molecule has 0 aliphatic carbocycles. The molecule has 1 saturated heterocycles. The fraction of sp³-hybridized carbons (Fsp3) is 0.533. The number of ether oxygens (including phenoxy) is 1. The predicted molar refractivity (Wildman–Crippen MR) is 80.0 cm³/mol. The van der Waals surface area contributed by atoms with Crippen LogP contribution in [-0.4, -0.2) is 56.0 Å². The second-order valence-electron chi connectivity index (χ2n) is 5.43. The van der Waals surface area contributed by atoms with Gasteiger partial charge in [0.15, 0.2) is 0 Å². The lowest BCUT2D eigenvalue weighted by Gasteiger charge is -2.36. The van der Waals surface area contributed by atoms with Gasteiger partial charge in [0.1, 0.15) is 5.75 Å². The number of nitrogen functional groups attached to an aromatic ring is 1. The van der Waals surface area contributed by atoms with Gasteiger partial charge in [-0.05, 0) is 44.6 Å². The summed E-state index contributed by atoms with van der Waals surface area (Å²) < 4.78 is 5.17. The molecule has 110 valence electrons. The number of rotatable bonds is 3. The van der Waals surface area contributed by atoms with Crippen molar-refractivity contribution in [3.8, 4) is 5.75 Å².